The molecule has 1 aliphatic carbocycles. The molecule has 0 bridgehead atoms. The summed E-state index contributed by atoms with van der Waals surface area (Å²) >= 11 is 5.90. The highest BCUT2D eigenvalue weighted by Crippen LogP contribution is 2.25. The van der Waals surface area contributed by atoms with E-state index in [1.54, 1.807) is 0 Å². The van der Waals surface area contributed by atoms with E-state index < -0.39 is 0 Å². The number of aryl methyl sites for hydroxylation is 1. The van der Waals surface area contributed by atoms with Crippen LogP contribution in [0.5, 0.6) is 0 Å². The molecule has 3 rings (SSSR count). The second kappa shape index (κ2) is 9.63. The molecule has 1 saturated carbocycles. The van der Waals surface area contributed by atoms with Gasteiger partial charge in [-0.1, -0.05) is 43.0 Å². The lowest BCUT2D eigenvalue weighted by Crippen LogP contribution is -2.35. The van der Waals surface area contributed by atoms with Crippen LogP contribution in [0.25, 0.3) is 0 Å². The molecule has 1 unspecified atom stereocenters. The van der Waals surface area contributed by atoms with Crippen LogP contribution in [0.4, 0.5) is 0 Å². The van der Waals surface area contributed by atoms with Gasteiger partial charge in [-0.15, -0.1) is 0 Å². The number of benzene rings is 1. The van der Waals surface area contributed by atoms with Gasteiger partial charge in [-0.25, -0.2) is 0 Å². The van der Waals surface area contributed by atoms with Crippen molar-refractivity contribution in [2.24, 2.45) is 0 Å². The van der Waals surface area contributed by atoms with E-state index in [2.05, 4.69) is 4.90 Å². The van der Waals surface area contributed by atoms with E-state index in [0.29, 0.717) is 6.42 Å². The lowest BCUT2D eigenvalue weighted by atomic mass is 9.94. The smallest absolute Gasteiger partial charge is 0.0679 e. The zero-order valence-corrected chi connectivity index (χ0v) is 14.9. The summed E-state index contributed by atoms with van der Waals surface area (Å²) in [4.78, 5) is 2.49. The molecule has 0 spiro atoms. The van der Waals surface area contributed by atoms with Crippen molar-refractivity contribution in [3.63, 3.8) is 0 Å². The minimum absolute atomic E-state index is 0.0353. The Morgan fingerprint density at radius 3 is 2.48 bits per heavy atom. The van der Waals surface area contributed by atoms with Crippen LogP contribution in [0.15, 0.2) is 18.2 Å². The third kappa shape index (κ3) is 5.75. The number of hydrogen-bond donors (Lipinski definition) is 2. The molecule has 1 heterocycles. The van der Waals surface area contributed by atoms with Crippen molar-refractivity contribution in [1.82, 2.24) is 4.90 Å². The van der Waals surface area contributed by atoms with Gasteiger partial charge in [0.15, 0.2) is 0 Å². The van der Waals surface area contributed by atoms with Gasteiger partial charge in [0.05, 0.1) is 6.10 Å². The van der Waals surface area contributed by atoms with Gasteiger partial charge in [-0.05, 0) is 49.8 Å². The van der Waals surface area contributed by atoms with Gasteiger partial charge >= 0.3 is 0 Å². The van der Waals surface area contributed by atoms with Crippen molar-refractivity contribution < 1.29 is 10.2 Å². The average molecular weight is 340 g/mol. The third-order valence-corrected chi connectivity index (χ3v) is 5.35. The lowest BCUT2D eigenvalue weighted by molar-refractivity contribution is 0.142. The molecule has 1 atom stereocenters. The molecule has 130 valence electrons. The van der Waals surface area contributed by atoms with Crippen molar-refractivity contribution in [2.45, 2.75) is 64.0 Å². The molecule has 3 nitrogen and oxygen atoms in total. The van der Waals surface area contributed by atoms with E-state index in [0.717, 1.165) is 41.7 Å². The van der Waals surface area contributed by atoms with Crippen LogP contribution in [0, 0.1) is 6.92 Å². The normalized spacial score (nSPS) is 22.7. The van der Waals surface area contributed by atoms with Crippen LogP contribution in [0.1, 0.15) is 49.7 Å². The van der Waals surface area contributed by atoms with E-state index >= 15 is 0 Å². The zero-order valence-electron chi connectivity index (χ0n) is 14.2. The molecule has 0 aromatic heterocycles. The number of β-amino-alcohol motifs (C(OH)–C–C–N with tert-alkyl or cyclic N) is 1. The number of nitrogens with zero attached hydrogens (tertiary/aromatic N) is 1. The predicted molar refractivity (Wildman–Crippen MR) is 96.0 cm³/mol. The van der Waals surface area contributed by atoms with Crippen molar-refractivity contribution in [1.29, 1.82) is 0 Å². The molecule has 2 N–H and O–H groups in total. The minimum Gasteiger partial charge on any atom is -0.396 e. The van der Waals surface area contributed by atoms with E-state index in [-0.39, 0.29) is 12.7 Å². The maximum absolute atomic E-state index is 9.39. The largest absolute Gasteiger partial charge is 0.396 e. The summed E-state index contributed by atoms with van der Waals surface area (Å²) < 4.78 is 0. The van der Waals surface area contributed by atoms with Crippen LogP contribution in [0.2, 0.25) is 5.02 Å². The molecule has 1 saturated heterocycles. The highest BCUT2D eigenvalue weighted by atomic mass is 35.5. The standard InChI is InChI=1S/C10H19NO.C9H11ClO/c12-10-6-7-11(8-10)9-4-2-1-3-5-9;1-7-3-2-4-9(10)8(7)5-6-11/h9-10,12H,1-8H2;2-4,11H,5-6H2,1H3. The number of hydrogen-bond acceptors (Lipinski definition) is 3. The first-order valence-corrected chi connectivity index (χ1v) is 9.26. The molecule has 0 amide bonds. The van der Waals surface area contributed by atoms with Crippen LogP contribution in [0.3, 0.4) is 0 Å². The third-order valence-electron chi connectivity index (χ3n) is 5.00. The van der Waals surface area contributed by atoms with Gasteiger partial charge in [-0.2, -0.15) is 0 Å². The molecule has 1 aromatic rings. The molecule has 0 radical (unpaired) electrons. The molecule has 2 aliphatic rings. The van der Waals surface area contributed by atoms with Crippen molar-refractivity contribution in [3.05, 3.63) is 34.3 Å². The maximum atomic E-state index is 9.39. The Labute approximate surface area is 145 Å². The summed E-state index contributed by atoms with van der Waals surface area (Å²) in [6.07, 6.45) is 8.56. The summed E-state index contributed by atoms with van der Waals surface area (Å²) in [6, 6.07) is 6.56. The van der Waals surface area contributed by atoms with Gasteiger partial charge in [-0.3, -0.25) is 4.90 Å². The summed E-state index contributed by atoms with van der Waals surface area (Å²) in [5, 5.41) is 18.8. The van der Waals surface area contributed by atoms with Gasteiger partial charge in [0.1, 0.15) is 0 Å². The molecule has 2 fully saturated rings. The highest BCUT2D eigenvalue weighted by molar-refractivity contribution is 6.31. The molecular formula is C19H30ClNO2. The highest BCUT2D eigenvalue weighted by Gasteiger charge is 2.27. The van der Waals surface area contributed by atoms with Gasteiger partial charge < -0.3 is 10.2 Å². The van der Waals surface area contributed by atoms with E-state index in [1.165, 1.54) is 32.1 Å². The quantitative estimate of drug-likeness (QED) is 0.884. The predicted octanol–water partition coefficient (Wildman–Crippen LogP) is 3.57. The van der Waals surface area contributed by atoms with Crippen LogP contribution >= 0.6 is 11.6 Å². The summed E-state index contributed by atoms with van der Waals surface area (Å²) in [6.45, 7) is 4.22. The number of halogens is 1. The fraction of sp³-hybridized carbons (Fsp3) is 0.684. The number of aliphatic hydroxyl groups excluding tert-OH is 2. The van der Waals surface area contributed by atoms with Crippen molar-refractivity contribution in [2.75, 3.05) is 19.7 Å². The van der Waals surface area contributed by atoms with Crippen LogP contribution in [-0.4, -0.2) is 47.0 Å². The lowest BCUT2D eigenvalue weighted by Gasteiger charge is -2.30. The Bertz CT molecular complexity index is 451. The molecule has 1 aliphatic heterocycles. The average Bonchev–Trinajstić information content (AvgIpc) is 2.99. The number of aliphatic hydroxyl groups is 2. The first-order chi connectivity index (χ1) is 11.1. The Balaban J connectivity index is 0.000000168. The Kier molecular flexibility index (Phi) is 7.84. The van der Waals surface area contributed by atoms with Crippen molar-refractivity contribution in [3.8, 4) is 0 Å². The van der Waals surface area contributed by atoms with Gasteiger partial charge in [0.2, 0.25) is 0 Å². The van der Waals surface area contributed by atoms with Crippen LogP contribution < -0.4 is 0 Å². The maximum Gasteiger partial charge on any atom is 0.0679 e. The second-order valence-electron chi connectivity index (χ2n) is 6.74. The second-order valence-corrected chi connectivity index (χ2v) is 7.15. The summed E-state index contributed by atoms with van der Waals surface area (Å²) in [7, 11) is 0. The number of rotatable bonds is 3. The molecule has 1 aromatic carbocycles. The van der Waals surface area contributed by atoms with E-state index in [4.69, 9.17) is 16.7 Å². The molecule has 4 heteroatoms. The zero-order chi connectivity index (χ0) is 16.7. The van der Waals surface area contributed by atoms with Crippen molar-refractivity contribution >= 4 is 11.6 Å². The van der Waals surface area contributed by atoms with E-state index in [1.807, 2.05) is 25.1 Å². The molecular weight excluding hydrogens is 310 g/mol. The van der Waals surface area contributed by atoms with Gasteiger partial charge in [0, 0.05) is 30.8 Å². The number of likely N-dealkylation sites (tertiary alicyclic amines) is 1. The summed E-state index contributed by atoms with van der Waals surface area (Å²) in [5.41, 5.74) is 2.20. The SMILES string of the molecule is Cc1cccc(Cl)c1CCO.OC1CCN(C2CCCCC2)C1. The molecule has 23 heavy (non-hydrogen) atoms. The fourth-order valence-corrected chi connectivity index (χ4v) is 3.96. The fourth-order valence-electron chi connectivity index (χ4n) is 3.64. The van der Waals surface area contributed by atoms with Gasteiger partial charge in [0.25, 0.3) is 0 Å². The summed E-state index contributed by atoms with van der Waals surface area (Å²) in [5.74, 6) is 0. The first-order valence-electron chi connectivity index (χ1n) is 8.88. The monoisotopic (exact) mass is 339 g/mol. The van der Waals surface area contributed by atoms with E-state index in [9.17, 15) is 5.11 Å². The Morgan fingerprint density at radius 1 is 1.17 bits per heavy atom. The Morgan fingerprint density at radius 2 is 1.91 bits per heavy atom. The first kappa shape index (κ1) is 18.7. The topological polar surface area (TPSA) is 43.7 Å². The Hall–Kier alpha value is -0.610. The minimum atomic E-state index is -0.0353. The van der Waals surface area contributed by atoms with Crippen LogP contribution in [-0.2, 0) is 6.42 Å².